The van der Waals surface area contributed by atoms with Crippen LogP contribution in [0, 0.1) is 0 Å². The summed E-state index contributed by atoms with van der Waals surface area (Å²) in [5.41, 5.74) is -0.496. The smallest absolute Gasteiger partial charge is 0.407 e. The average molecular weight is 321 g/mol. The molecule has 0 aromatic heterocycles. The zero-order valence-electron chi connectivity index (χ0n) is 13.4. The zero-order chi connectivity index (χ0) is 16.1. The van der Waals surface area contributed by atoms with Crippen LogP contribution >= 0.6 is 0 Å². The molecule has 0 saturated carbocycles. The SMILES string of the molecule is CCS(=O)(=O)N1CCN(CCNC(=O)OC(C)(C)C)CC1. The lowest BCUT2D eigenvalue weighted by atomic mass is 10.2. The zero-order valence-corrected chi connectivity index (χ0v) is 14.2. The van der Waals surface area contributed by atoms with Crippen LogP contribution in [0.25, 0.3) is 0 Å². The Morgan fingerprint density at radius 3 is 2.24 bits per heavy atom. The topological polar surface area (TPSA) is 79.0 Å². The molecule has 0 aliphatic carbocycles. The number of rotatable bonds is 5. The van der Waals surface area contributed by atoms with Crippen molar-refractivity contribution >= 4 is 16.1 Å². The van der Waals surface area contributed by atoms with E-state index in [2.05, 4.69) is 10.2 Å². The number of alkyl carbamates (subject to hydrolysis) is 1. The summed E-state index contributed by atoms with van der Waals surface area (Å²) >= 11 is 0. The van der Waals surface area contributed by atoms with Crippen LogP contribution < -0.4 is 5.32 Å². The lowest BCUT2D eigenvalue weighted by molar-refractivity contribution is 0.0520. The Kier molecular flexibility index (Phi) is 6.42. The van der Waals surface area contributed by atoms with Gasteiger partial charge in [0, 0.05) is 39.3 Å². The molecule has 0 aromatic rings. The maximum Gasteiger partial charge on any atom is 0.407 e. The summed E-state index contributed by atoms with van der Waals surface area (Å²) in [4.78, 5) is 13.6. The van der Waals surface area contributed by atoms with Gasteiger partial charge in [0.15, 0.2) is 0 Å². The van der Waals surface area contributed by atoms with Gasteiger partial charge in [0.1, 0.15) is 5.60 Å². The van der Waals surface area contributed by atoms with Crippen molar-refractivity contribution in [3.63, 3.8) is 0 Å². The first-order valence-electron chi connectivity index (χ1n) is 7.31. The first-order chi connectivity index (χ1) is 9.64. The molecule has 0 aromatic carbocycles. The van der Waals surface area contributed by atoms with Crippen LogP contribution in [0.5, 0.6) is 0 Å². The van der Waals surface area contributed by atoms with Gasteiger partial charge in [0.05, 0.1) is 5.75 Å². The van der Waals surface area contributed by atoms with E-state index in [1.807, 2.05) is 20.8 Å². The molecule has 0 atom stereocenters. The van der Waals surface area contributed by atoms with Crippen LogP contribution in [0.4, 0.5) is 4.79 Å². The van der Waals surface area contributed by atoms with Crippen LogP contribution in [0.1, 0.15) is 27.7 Å². The third-order valence-corrected chi connectivity index (χ3v) is 5.07. The summed E-state index contributed by atoms with van der Waals surface area (Å²) in [5.74, 6) is 0.146. The molecule has 124 valence electrons. The van der Waals surface area contributed by atoms with Crippen molar-refractivity contribution in [3.8, 4) is 0 Å². The van der Waals surface area contributed by atoms with Gasteiger partial charge in [-0.25, -0.2) is 13.2 Å². The number of nitrogens with zero attached hydrogens (tertiary/aromatic N) is 2. The Morgan fingerprint density at radius 1 is 1.19 bits per heavy atom. The molecule has 0 radical (unpaired) electrons. The molecule has 1 fully saturated rings. The molecule has 1 aliphatic heterocycles. The Hall–Kier alpha value is -0.860. The van der Waals surface area contributed by atoms with E-state index in [1.165, 1.54) is 4.31 Å². The van der Waals surface area contributed by atoms with Crippen molar-refractivity contribution in [3.05, 3.63) is 0 Å². The summed E-state index contributed by atoms with van der Waals surface area (Å²) in [7, 11) is -3.08. The Balaban J connectivity index is 2.24. The van der Waals surface area contributed by atoms with Gasteiger partial charge in [0.25, 0.3) is 0 Å². The van der Waals surface area contributed by atoms with E-state index >= 15 is 0 Å². The molecule has 8 heteroatoms. The van der Waals surface area contributed by atoms with Crippen LogP contribution in [-0.4, -0.2) is 74.3 Å². The molecule has 1 saturated heterocycles. The minimum absolute atomic E-state index is 0.146. The van der Waals surface area contributed by atoms with E-state index in [9.17, 15) is 13.2 Å². The van der Waals surface area contributed by atoms with Crippen LogP contribution in [0.15, 0.2) is 0 Å². The second-order valence-corrected chi connectivity index (χ2v) is 8.33. The molecule has 1 aliphatic rings. The van der Waals surface area contributed by atoms with E-state index < -0.39 is 21.7 Å². The number of hydrogen-bond donors (Lipinski definition) is 1. The molecule has 1 heterocycles. The fourth-order valence-electron chi connectivity index (χ4n) is 2.04. The maximum absolute atomic E-state index is 11.7. The third-order valence-electron chi connectivity index (χ3n) is 3.19. The van der Waals surface area contributed by atoms with Crippen molar-refractivity contribution < 1.29 is 17.9 Å². The first kappa shape index (κ1) is 18.2. The predicted octanol–water partition coefficient (Wildman–Crippen LogP) is 0.478. The van der Waals surface area contributed by atoms with Crippen molar-refractivity contribution in [1.82, 2.24) is 14.5 Å². The van der Waals surface area contributed by atoms with E-state index in [1.54, 1.807) is 6.92 Å². The minimum Gasteiger partial charge on any atom is -0.444 e. The highest BCUT2D eigenvalue weighted by atomic mass is 32.2. The molecule has 0 spiro atoms. The Labute approximate surface area is 127 Å². The number of carbonyl (C=O) groups is 1. The molecule has 1 rings (SSSR count). The third kappa shape index (κ3) is 6.62. The molecule has 1 N–H and O–H groups in total. The average Bonchev–Trinajstić information content (AvgIpc) is 2.37. The molecular weight excluding hydrogens is 294 g/mol. The lowest BCUT2D eigenvalue weighted by Crippen LogP contribution is -2.50. The lowest BCUT2D eigenvalue weighted by Gasteiger charge is -2.33. The van der Waals surface area contributed by atoms with Gasteiger partial charge in [0.2, 0.25) is 10.0 Å². The van der Waals surface area contributed by atoms with Crippen molar-refractivity contribution in [1.29, 1.82) is 0 Å². The summed E-state index contributed by atoms with van der Waals surface area (Å²) in [6.07, 6.45) is -0.422. The van der Waals surface area contributed by atoms with Crippen LogP contribution in [0.2, 0.25) is 0 Å². The van der Waals surface area contributed by atoms with Gasteiger partial charge < -0.3 is 10.1 Å². The number of piperazine rings is 1. The minimum atomic E-state index is -3.08. The van der Waals surface area contributed by atoms with Gasteiger partial charge in [-0.3, -0.25) is 4.90 Å². The Bertz CT molecular complexity index is 437. The van der Waals surface area contributed by atoms with Gasteiger partial charge in [-0.05, 0) is 27.7 Å². The first-order valence-corrected chi connectivity index (χ1v) is 8.92. The standard InChI is InChI=1S/C13H27N3O4S/c1-5-21(18,19)16-10-8-15(9-11-16)7-6-14-12(17)20-13(2,3)4/h5-11H2,1-4H3,(H,14,17). The Morgan fingerprint density at radius 2 is 1.76 bits per heavy atom. The van der Waals surface area contributed by atoms with Gasteiger partial charge >= 0.3 is 6.09 Å². The van der Waals surface area contributed by atoms with Crippen molar-refractivity contribution in [2.75, 3.05) is 45.0 Å². The number of nitrogens with one attached hydrogen (secondary N) is 1. The molecular formula is C13H27N3O4S. The van der Waals surface area contributed by atoms with E-state index in [0.717, 1.165) is 0 Å². The predicted molar refractivity (Wildman–Crippen MR) is 81.7 cm³/mol. The molecule has 0 bridgehead atoms. The summed E-state index contributed by atoms with van der Waals surface area (Å²) in [6, 6.07) is 0. The summed E-state index contributed by atoms with van der Waals surface area (Å²) in [5, 5.41) is 2.70. The molecule has 0 unspecified atom stereocenters. The van der Waals surface area contributed by atoms with Gasteiger partial charge in [-0.15, -0.1) is 0 Å². The largest absolute Gasteiger partial charge is 0.444 e. The number of amides is 1. The molecule has 1 amide bonds. The highest BCUT2D eigenvalue weighted by Gasteiger charge is 2.25. The van der Waals surface area contributed by atoms with E-state index in [-0.39, 0.29) is 5.75 Å². The fraction of sp³-hybridized carbons (Fsp3) is 0.923. The highest BCUT2D eigenvalue weighted by molar-refractivity contribution is 7.89. The van der Waals surface area contributed by atoms with Gasteiger partial charge in [-0.1, -0.05) is 0 Å². The summed E-state index contributed by atoms with van der Waals surface area (Å²) in [6.45, 7) is 10.7. The second-order valence-electron chi connectivity index (χ2n) is 6.07. The fourth-order valence-corrected chi connectivity index (χ4v) is 3.13. The van der Waals surface area contributed by atoms with Crippen molar-refractivity contribution in [2.24, 2.45) is 0 Å². The van der Waals surface area contributed by atoms with E-state index in [4.69, 9.17) is 4.74 Å². The van der Waals surface area contributed by atoms with Crippen LogP contribution in [0.3, 0.4) is 0 Å². The number of sulfonamides is 1. The summed E-state index contributed by atoms with van der Waals surface area (Å²) < 4.78 is 30.1. The quantitative estimate of drug-likeness (QED) is 0.797. The normalized spacial score (nSPS) is 18.5. The second kappa shape index (κ2) is 7.42. The number of ether oxygens (including phenoxy) is 1. The molecule has 21 heavy (non-hydrogen) atoms. The van der Waals surface area contributed by atoms with E-state index in [0.29, 0.717) is 39.3 Å². The number of hydrogen-bond acceptors (Lipinski definition) is 5. The monoisotopic (exact) mass is 321 g/mol. The van der Waals surface area contributed by atoms with Crippen LogP contribution in [-0.2, 0) is 14.8 Å². The van der Waals surface area contributed by atoms with Gasteiger partial charge in [-0.2, -0.15) is 4.31 Å². The molecule has 7 nitrogen and oxygen atoms in total. The number of carbonyl (C=O) groups excluding carboxylic acids is 1. The highest BCUT2D eigenvalue weighted by Crippen LogP contribution is 2.08. The van der Waals surface area contributed by atoms with Crippen molar-refractivity contribution in [2.45, 2.75) is 33.3 Å². The maximum atomic E-state index is 11.7.